The molecule has 1 aliphatic heterocycles. The molecule has 76 valence electrons. The van der Waals surface area contributed by atoms with E-state index in [1.807, 2.05) is 6.08 Å². The zero-order valence-electron chi connectivity index (χ0n) is 8.24. The van der Waals surface area contributed by atoms with Crippen LogP contribution in [-0.2, 0) is 4.74 Å². The van der Waals surface area contributed by atoms with Gasteiger partial charge in [-0.05, 0) is 32.1 Å². The van der Waals surface area contributed by atoms with Gasteiger partial charge in [0, 0.05) is 12.5 Å². The van der Waals surface area contributed by atoms with Crippen LogP contribution in [0, 0.1) is 5.92 Å². The van der Waals surface area contributed by atoms with Gasteiger partial charge in [-0.2, -0.15) is 0 Å². The van der Waals surface area contributed by atoms with Gasteiger partial charge in [0.05, 0.1) is 12.7 Å². The maximum atomic E-state index is 9.79. The van der Waals surface area contributed by atoms with Crippen LogP contribution in [0.15, 0.2) is 12.7 Å². The van der Waals surface area contributed by atoms with Crippen molar-refractivity contribution < 1.29 is 9.84 Å². The van der Waals surface area contributed by atoms with Crippen LogP contribution in [0.4, 0.5) is 0 Å². The third-order valence-corrected chi connectivity index (χ3v) is 2.65. The van der Waals surface area contributed by atoms with Gasteiger partial charge < -0.3 is 9.84 Å². The SMILES string of the molecule is C=CCCCC(O)C1CCCOC1. The summed E-state index contributed by atoms with van der Waals surface area (Å²) in [7, 11) is 0. The van der Waals surface area contributed by atoms with Crippen LogP contribution in [-0.4, -0.2) is 24.4 Å². The first-order valence-electron chi connectivity index (χ1n) is 5.21. The molecule has 2 heteroatoms. The van der Waals surface area contributed by atoms with Crippen molar-refractivity contribution in [3.63, 3.8) is 0 Å². The summed E-state index contributed by atoms with van der Waals surface area (Å²) in [5, 5.41) is 9.79. The molecule has 1 N–H and O–H groups in total. The molecule has 2 atom stereocenters. The Kier molecular flexibility index (Phi) is 5.09. The Bertz CT molecular complexity index is 139. The molecule has 0 spiro atoms. The van der Waals surface area contributed by atoms with E-state index < -0.39 is 0 Å². The zero-order chi connectivity index (χ0) is 9.52. The number of unbranched alkanes of at least 4 members (excludes halogenated alkanes) is 1. The first-order chi connectivity index (χ1) is 6.34. The molecule has 0 radical (unpaired) electrons. The van der Waals surface area contributed by atoms with E-state index in [2.05, 4.69) is 6.58 Å². The number of ether oxygens (including phenoxy) is 1. The molecule has 2 unspecified atom stereocenters. The minimum absolute atomic E-state index is 0.166. The van der Waals surface area contributed by atoms with Crippen molar-refractivity contribution in [1.29, 1.82) is 0 Å². The number of hydrogen-bond donors (Lipinski definition) is 1. The van der Waals surface area contributed by atoms with Gasteiger partial charge in [0.25, 0.3) is 0 Å². The minimum Gasteiger partial charge on any atom is -0.393 e. The van der Waals surface area contributed by atoms with Gasteiger partial charge in [0.1, 0.15) is 0 Å². The summed E-state index contributed by atoms with van der Waals surface area (Å²) >= 11 is 0. The topological polar surface area (TPSA) is 29.5 Å². The first kappa shape index (κ1) is 10.7. The van der Waals surface area contributed by atoms with Crippen molar-refractivity contribution >= 4 is 0 Å². The van der Waals surface area contributed by atoms with Gasteiger partial charge in [-0.1, -0.05) is 6.08 Å². The lowest BCUT2D eigenvalue weighted by molar-refractivity contribution is -0.0123. The average molecular weight is 184 g/mol. The van der Waals surface area contributed by atoms with E-state index in [9.17, 15) is 5.11 Å². The van der Waals surface area contributed by atoms with E-state index in [1.165, 1.54) is 0 Å². The highest BCUT2D eigenvalue weighted by Gasteiger charge is 2.21. The second kappa shape index (κ2) is 6.17. The van der Waals surface area contributed by atoms with E-state index in [0.29, 0.717) is 5.92 Å². The highest BCUT2D eigenvalue weighted by molar-refractivity contribution is 4.73. The Morgan fingerprint density at radius 3 is 3.08 bits per heavy atom. The lowest BCUT2D eigenvalue weighted by atomic mass is 9.93. The van der Waals surface area contributed by atoms with Crippen LogP contribution in [0.25, 0.3) is 0 Å². The standard InChI is InChI=1S/C11H20O2/c1-2-3-4-7-11(12)10-6-5-8-13-9-10/h2,10-12H,1,3-9H2. The second-order valence-electron chi connectivity index (χ2n) is 3.76. The monoisotopic (exact) mass is 184 g/mol. The molecule has 1 saturated heterocycles. The van der Waals surface area contributed by atoms with E-state index >= 15 is 0 Å². The second-order valence-corrected chi connectivity index (χ2v) is 3.76. The Balaban J connectivity index is 2.13. The molecule has 0 saturated carbocycles. The predicted molar refractivity (Wildman–Crippen MR) is 53.6 cm³/mol. The van der Waals surface area contributed by atoms with Gasteiger partial charge in [0.2, 0.25) is 0 Å². The van der Waals surface area contributed by atoms with Crippen molar-refractivity contribution in [3.05, 3.63) is 12.7 Å². The van der Waals surface area contributed by atoms with Crippen molar-refractivity contribution in [2.75, 3.05) is 13.2 Å². The van der Waals surface area contributed by atoms with Crippen LogP contribution in [0.2, 0.25) is 0 Å². The van der Waals surface area contributed by atoms with Crippen molar-refractivity contribution in [1.82, 2.24) is 0 Å². The molecule has 0 amide bonds. The maximum absolute atomic E-state index is 9.79. The summed E-state index contributed by atoms with van der Waals surface area (Å²) in [5.74, 6) is 0.374. The summed E-state index contributed by atoms with van der Waals surface area (Å²) in [6, 6.07) is 0. The van der Waals surface area contributed by atoms with Crippen LogP contribution in [0.5, 0.6) is 0 Å². The number of aliphatic hydroxyl groups excluding tert-OH is 1. The molecule has 13 heavy (non-hydrogen) atoms. The summed E-state index contributed by atoms with van der Waals surface area (Å²) in [6.45, 7) is 5.28. The Morgan fingerprint density at radius 2 is 2.46 bits per heavy atom. The lowest BCUT2D eigenvalue weighted by Gasteiger charge is -2.26. The number of hydrogen-bond acceptors (Lipinski definition) is 2. The normalized spacial score (nSPS) is 25.5. The first-order valence-corrected chi connectivity index (χ1v) is 5.21. The highest BCUT2D eigenvalue weighted by atomic mass is 16.5. The van der Waals surface area contributed by atoms with E-state index in [0.717, 1.165) is 45.3 Å². The maximum Gasteiger partial charge on any atom is 0.0590 e. The molecule has 1 aliphatic rings. The molecule has 2 nitrogen and oxygen atoms in total. The summed E-state index contributed by atoms with van der Waals surface area (Å²) < 4.78 is 5.33. The van der Waals surface area contributed by atoms with Crippen molar-refractivity contribution in [2.45, 2.75) is 38.2 Å². The fraction of sp³-hybridized carbons (Fsp3) is 0.818. The molecule has 1 heterocycles. The number of aliphatic hydroxyl groups is 1. The fourth-order valence-electron chi connectivity index (χ4n) is 1.78. The molecule has 0 aromatic carbocycles. The zero-order valence-corrected chi connectivity index (χ0v) is 8.24. The Labute approximate surface area is 80.6 Å². The van der Waals surface area contributed by atoms with Crippen LogP contribution in [0.3, 0.4) is 0 Å². The molecular formula is C11H20O2. The highest BCUT2D eigenvalue weighted by Crippen LogP contribution is 2.20. The van der Waals surface area contributed by atoms with Crippen molar-refractivity contribution in [2.24, 2.45) is 5.92 Å². The van der Waals surface area contributed by atoms with Gasteiger partial charge in [0.15, 0.2) is 0 Å². The largest absolute Gasteiger partial charge is 0.393 e. The molecule has 0 aromatic rings. The average Bonchev–Trinajstić information content (AvgIpc) is 2.19. The summed E-state index contributed by atoms with van der Waals surface area (Å²) in [5.41, 5.74) is 0. The molecule has 1 rings (SSSR count). The lowest BCUT2D eigenvalue weighted by Crippen LogP contribution is -2.28. The van der Waals surface area contributed by atoms with E-state index in [1.54, 1.807) is 0 Å². The van der Waals surface area contributed by atoms with Crippen LogP contribution < -0.4 is 0 Å². The number of rotatable bonds is 5. The third kappa shape index (κ3) is 3.92. The van der Waals surface area contributed by atoms with Crippen LogP contribution in [0.1, 0.15) is 32.1 Å². The molecule has 0 aromatic heterocycles. The smallest absolute Gasteiger partial charge is 0.0590 e. The summed E-state index contributed by atoms with van der Waals surface area (Å²) in [6.07, 6.45) is 6.90. The fourth-order valence-corrected chi connectivity index (χ4v) is 1.78. The number of allylic oxidation sites excluding steroid dienone is 1. The minimum atomic E-state index is -0.166. The Morgan fingerprint density at radius 1 is 1.62 bits per heavy atom. The van der Waals surface area contributed by atoms with Gasteiger partial charge in [-0.15, -0.1) is 6.58 Å². The molecule has 1 fully saturated rings. The predicted octanol–water partition coefficient (Wildman–Crippen LogP) is 2.13. The Hall–Kier alpha value is -0.340. The third-order valence-electron chi connectivity index (χ3n) is 2.65. The molecular weight excluding hydrogens is 164 g/mol. The van der Waals surface area contributed by atoms with E-state index in [-0.39, 0.29) is 6.10 Å². The quantitative estimate of drug-likeness (QED) is 0.524. The van der Waals surface area contributed by atoms with E-state index in [4.69, 9.17) is 4.74 Å². The molecule has 0 aliphatic carbocycles. The molecule has 0 bridgehead atoms. The summed E-state index contributed by atoms with van der Waals surface area (Å²) in [4.78, 5) is 0. The van der Waals surface area contributed by atoms with Crippen molar-refractivity contribution in [3.8, 4) is 0 Å². The van der Waals surface area contributed by atoms with Gasteiger partial charge in [-0.25, -0.2) is 0 Å². The van der Waals surface area contributed by atoms with Gasteiger partial charge in [-0.3, -0.25) is 0 Å². The van der Waals surface area contributed by atoms with Crippen LogP contribution >= 0.6 is 0 Å². The van der Waals surface area contributed by atoms with Gasteiger partial charge >= 0.3 is 0 Å².